The van der Waals surface area contributed by atoms with E-state index in [1.54, 1.807) is 0 Å². The number of aromatic hydroxyl groups is 1. The summed E-state index contributed by atoms with van der Waals surface area (Å²) in [4.78, 5) is 0. The van der Waals surface area contributed by atoms with Crippen LogP contribution < -0.4 is 5.32 Å². The van der Waals surface area contributed by atoms with Crippen LogP contribution in [-0.4, -0.2) is 11.7 Å². The third kappa shape index (κ3) is 0.982. The van der Waals surface area contributed by atoms with Gasteiger partial charge in [-0.1, -0.05) is 0 Å². The summed E-state index contributed by atoms with van der Waals surface area (Å²) >= 11 is 2.98. The largest absolute Gasteiger partial charge is 0.506 e. The molecule has 2 nitrogen and oxygen atoms in total. The van der Waals surface area contributed by atoms with E-state index in [4.69, 9.17) is 0 Å². The second-order valence-electron chi connectivity index (χ2n) is 2.72. The number of phenols is 1. The summed E-state index contributed by atoms with van der Waals surface area (Å²) in [5, 5.41) is 12.5. The van der Waals surface area contributed by atoms with Crippen molar-refractivity contribution in [1.82, 2.24) is 0 Å². The van der Waals surface area contributed by atoms with Crippen molar-refractivity contribution in [3.05, 3.63) is 21.9 Å². The normalized spacial score (nSPS) is 14.2. The molecule has 2 N–H and O–H groups in total. The highest BCUT2D eigenvalue weighted by Crippen LogP contribution is 2.38. The van der Waals surface area contributed by atoms with Crippen LogP contribution >= 0.6 is 15.9 Å². The number of phenolic OH excluding ortho intramolecular Hbond substituents is 1. The molecule has 4 heteroatoms. The Labute approximate surface area is 77.5 Å². The van der Waals surface area contributed by atoms with Crippen molar-refractivity contribution in [3.8, 4) is 5.75 Å². The summed E-state index contributed by atoms with van der Waals surface area (Å²) in [5.74, 6) is -0.407. The predicted octanol–water partition coefficient (Wildman–Crippen LogP) is 2.26. The Hall–Kier alpha value is -0.770. The summed E-state index contributed by atoms with van der Waals surface area (Å²) < 4.78 is 13.1. The first kappa shape index (κ1) is 7.86. The summed E-state index contributed by atoms with van der Waals surface area (Å²) in [6.45, 7) is 0.763. The first-order valence-electron chi connectivity index (χ1n) is 3.64. The minimum absolute atomic E-state index is 0.0231. The molecule has 0 saturated carbocycles. The maximum atomic E-state index is 13.0. The lowest BCUT2D eigenvalue weighted by Gasteiger charge is -2.04. The Balaban J connectivity index is 2.67. The van der Waals surface area contributed by atoms with Crippen molar-refractivity contribution >= 4 is 21.6 Å². The molecule has 1 aliphatic heterocycles. The van der Waals surface area contributed by atoms with Crippen molar-refractivity contribution in [2.24, 2.45) is 0 Å². The van der Waals surface area contributed by atoms with Crippen LogP contribution in [0.3, 0.4) is 0 Å². The Morgan fingerprint density at radius 3 is 3.08 bits per heavy atom. The van der Waals surface area contributed by atoms with E-state index in [0.29, 0.717) is 5.69 Å². The minimum Gasteiger partial charge on any atom is -0.506 e. The van der Waals surface area contributed by atoms with Crippen LogP contribution in [0.1, 0.15) is 5.56 Å². The van der Waals surface area contributed by atoms with Crippen LogP contribution in [0.4, 0.5) is 10.1 Å². The Morgan fingerprint density at radius 2 is 2.33 bits per heavy atom. The van der Waals surface area contributed by atoms with Crippen LogP contribution in [0.15, 0.2) is 10.5 Å². The van der Waals surface area contributed by atoms with E-state index in [-0.39, 0.29) is 10.2 Å². The average Bonchev–Trinajstić information content (AvgIpc) is 2.48. The number of benzene rings is 1. The highest BCUT2D eigenvalue weighted by molar-refractivity contribution is 9.10. The lowest BCUT2D eigenvalue weighted by Crippen LogP contribution is -1.91. The number of rotatable bonds is 0. The molecule has 0 fully saturated rings. The zero-order chi connectivity index (χ0) is 8.72. The number of halogens is 2. The number of nitrogens with one attached hydrogen (secondary N) is 1. The first-order chi connectivity index (χ1) is 5.70. The molecule has 1 aromatic carbocycles. The van der Waals surface area contributed by atoms with E-state index in [1.807, 2.05) is 0 Å². The predicted molar refractivity (Wildman–Crippen MR) is 48.0 cm³/mol. The molecular weight excluding hydrogens is 225 g/mol. The van der Waals surface area contributed by atoms with Gasteiger partial charge in [-0.05, 0) is 28.4 Å². The van der Waals surface area contributed by atoms with Crippen molar-refractivity contribution in [2.75, 3.05) is 11.9 Å². The fourth-order valence-electron chi connectivity index (χ4n) is 1.38. The maximum Gasteiger partial charge on any atom is 0.143 e. The smallest absolute Gasteiger partial charge is 0.143 e. The highest BCUT2D eigenvalue weighted by atomic mass is 79.9. The second-order valence-corrected chi connectivity index (χ2v) is 3.52. The first-order valence-corrected chi connectivity index (χ1v) is 4.43. The molecule has 0 aromatic heterocycles. The van der Waals surface area contributed by atoms with Crippen LogP contribution in [0.5, 0.6) is 5.75 Å². The van der Waals surface area contributed by atoms with Gasteiger partial charge >= 0.3 is 0 Å². The summed E-state index contributed by atoms with van der Waals surface area (Å²) in [7, 11) is 0. The van der Waals surface area contributed by atoms with Gasteiger partial charge < -0.3 is 10.4 Å². The number of hydrogen-bond donors (Lipinski definition) is 2. The molecule has 64 valence electrons. The minimum atomic E-state index is -0.430. The Bertz CT molecular complexity index is 340. The van der Waals surface area contributed by atoms with Gasteiger partial charge in [0.05, 0.1) is 4.47 Å². The molecule has 0 saturated heterocycles. The monoisotopic (exact) mass is 231 g/mol. The maximum absolute atomic E-state index is 13.0. The van der Waals surface area contributed by atoms with E-state index in [2.05, 4.69) is 21.2 Å². The Kier molecular flexibility index (Phi) is 1.72. The third-order valence-corrected chi connectivity index (χ3v) is 2.74. The van der Waals surface area contributed by atoms with Crippen molar-refractivity contribution in [2.45, 2.75) is 6.42 Å². The lowest BCUT2D eigenvalue weighted by molar-refractivity contribution is 0.459. The molecule has 1 heterocycles. The SMILES string of the molecule is Oc1c(Br)c(F)cc2c1CCN2. The van der Waals surface area contributed by atoms with Crippen LogP contribution in [0, 0.1) is 5.82 Å². The highest BCUT2D eigenvalue weighted by Gasteiger charge is 2.19. The molecule has 0 unspecified atom stereocenters. The van der Waals surface area contributed by atoms with E-state index in [9.17, 15) is 9.50 Å². The molecule has 0 spiro atoms. The summed E-state index contributed by atoms with van der Waals surface area (Å²) in [6, 6.07) is 1.39. The third-order valence-electron chi connectivity index (χ3n) is 1.99. The fraction of sp³-hybridized carbons (Fsp3) is 0.250. The van der Waals surface area contributed by atoms with Gasteiger partial charge in [0.15, 0.2) is 0 Å². The molecule has 0 radical (unpaired) electrons. The van der Waals surface area contributed by atoms with Crippen LogP contribution in [0.2, 0.25) is 0 Å². The van der Waals surface area contributed by atoms with E-state index in [1.165, 1.54) is 6.07 Å². The van der Waals surface area contributed by atoms with E-state index in [0.717, 1.165) is 18.5 Å². The van der Waals surface area contributed by atoms with Crippen molar-refractivity contribution < 1.29 is 9.50 Å². The topological polar surface area (TPSA) is 32.3 Å². The van der Waals surface area contributed by atoms with E-state index < -0.39 is 5.82 Å². The second kappa shape index (κ2) is 2.62. The van der Waals surface area contributed by atoms with Gasteiger partial charge in [0, 0.05) is 17.8 Å². The van der Waals surface area contributed by atoms with Crippen molar-refractivity contribution in [1.29, 1.82) is 0 Å². The summed E-state index contributed by atoms with van der Waals surface area (Å²) in [6.07, 6.45) is 0.750. The number of hydrogen-bond acceptors (Lipinski definition) is 2. The van der Waals surface area contributed by atoms with Gasteiger partial charge in [0.25, 0.3) is 0 Å². The van der Waals surface area contributed by atoms with Gasteiger partial charge in [-0.15, -0.1) is 0 Å². The molecule has 0 aliphatic carbocycles. The van der Waals surface area contributed by atoms with Crippen molar-refractivity contribution in [3.63, 3.8) is 0 Å². The molecular formula is C8H7BrFNO. The van der Waals surface area contributed by atoms with Gasteiger partial charge in [-0.3, -0.25) is 0 Å². The van der Waals surface area contributed by atoms with Gasteiger partial charge in [0.1, 0.15) is 11.6 Å². The molecule has 1 aliphatic rings. The molecule has 2 rings (SSSR count). The quantitative estimate of drug-likeness (QED) is 0.719. The van der Waals surface area contributed by atoms with E-state index >= 15 is 0 Å². The number of fused-ring (bicyclic) bond motifs is 1. The molecule has 0 amide bonds. The Morgan fingerprint density at radius 1 is 1.58 bits per heavy atom. The molecule has 1 aromatic rings. The standard InChI is InChI=1S/C8H7BrFNO/c9-7-5(10)3-6-4(8(7)12)1-2-11-6/h3,11-12H,1-2H2. The molecule has 0 bridgehead atoms. The fourth-order valence-corrected chi connectivity index (χ4v) is 1.74. The van der Waals surface area contributed by atoms with Gasteiger partial charge in [0.2, 0.25) is 0 Å². The zero-order valence-electron chi connectivity index (χ0n) is 6.19. The molecule has 12 heavy (non-hydrogen) atoms. The number of anilines is 1. The van der Waals surface area contributed by atoms with Crippen LogP contribution in [-0.2, 0) is 6.42 Å². The summed E-state index contributed by atoms with van der Waals surface area (Å²) in [5.41, 5.74) is 1.50. The average molecular weight is 232 g/mol. The molecule has 0 atom stereocenters. The lowest BCUT2D eigenvalue weighted by atomic mass is 10.1. The van der Waals surface area contributed by atoms with Crippen LogP contribution in [0.25, 0.3) is 0 Å². The zero-order valence-corrected chi connectivity index (χ0v) is 7.78. The van der Waals surface area contributed by atoms with Gasteiger partial charge in [-0.2, -0.15) is 0 Å². The van der Waals surface area contributed by atoms with Gasteiger partial charge in [-0.25, -0.2) is 4.39 Å².